The first-order valence-electron chi connectivity index (χ1n) is 13.0. The van der Waals surface area contributed by atoms with Gasteiger partial charge in [-0.15, -0.1) is 0 Å². The molecule has 0 saturated carbocycles. The van der Waals surface area contributed by atoms with Gasteiger partial charge in [0.15, 0.2) is 18.2 Å². The molecule has 1 heterocycles. The van der Waals surface area contributed by atoms with E-state index in [4.69, 9.17) is 9.47 Å². The van der Waals surface area contributed by atoms with Gasteiger partial charge in [-0.2, -0.15) is 0 Å². The van der Waals surface area contributed by atoms with Gasteiger partial charge in [0.1, 0.15) is 11.5 Å². The highest BCUT2D eigenvalue weighted by atomic mass is 16.5. The number of ether oxygens (including phenoxy) is 2. The Balaban J connectivity index is 1.40. The van der Waals surface area contributed by atoms with Gasteiger partial charge in [0, 0.05) is 53.5 Å². The number of amides is 1. The van der Waals surface area contributed by atoms with Crippen LogP contribution in [0.4, 0.5) is 5.69 Å². The summed E-state index contributed by atoms with van der Waals surface area (Å²) in [5, 5.41) is 2.81. The number of benzene rings is 2. The minimum Gasteiger partial charge on any atom is -0.497 e. The third-order valence-corrected chi connectivity index (χ3v) is 7.34. The van der Waals surface area contributed by atoms with Gasteiger partial charge in [-0.25, -0.2) is 0 Å². The van der Waals surface area contributed by atoms with Gasteiger partial charge in [0.05, 0.1) is 7.11 Å². The van der Waals surface area contributed by atoms with Crippen LogP contribution < -0.4 is 14.8 Å². The summed E-state index contributed by atoms with van der Waals surface area (Å²) < 4.78 is 11.0. The van der Waals surface area contributed by atoms with E-state index in [0.717, 1.165) is 60.3 Å². The number of allylic oxidation sites excluding steroid dienone is 4. The Morgan fingerprint density at radius 1 is 0.919 bits per heavy atom. The molecule has 2 aromatic carbocycles. The van der Waals surface area contributed by atoms with Crippen LogP contribution in [0.3, 0.4) is 0 Å². The van der Waals surface area contributed by atoms with Crippen LogP contribution in [-0.2, 0) is 14.4 Å². The van der Waals surface area contributed by atoms with Gasteiger partial charge in [0.2, 0.25) is 0 Å². The van der Waals surface area contributed by atoms with E-state index in [9.17, 15) is 14.4 Å². The van der Waals surface area contributed by atoms with Gasteiger partial charge >= 0.3 is 0 Å². The number of carbonyl (C=O) groups excluding carboxylic acids is 3. The fourth-order valence-electron chi connectivity index (χ4n) is 5.74. The number of carbonyl (C=O) groups is 3. The second kappa shape index (κ2) is 10.6. The molecule has 0 unspecified atom stereocenters. The summed E-state index contributed by atoms with van der Waals surface area (Å²) in [6, 6.07) is 14.5. The maximum atomic E-state index is 13.3. The van der Waals surface area contributed by atoms with Crippen LogP contribution in [0.15, 0.2) is 71.1 Å². The molecular weight excluding hydrogens is 468 g/mol. The third-order valence-electron chi connectivity index (χ3n) is 7.34. The predicted octanol–water partition coefficient (Wildman–Crippen LogP) is 5.15. The monoisotopic (exact) mass is 500 g/mol. The molecule has 2 aromatic rings. The number of methoxy groups -OCH3 is 1. The van der Waals surface area contributed by atoms with E-state index < -0.39 is 0 Å². The topological polar surface area (TPSA) is 84.9 Å². The summed E-state index contributed by atoms with van der Waals surface area (Å²) in [5.74, 6) is 0.813. The molecular formula is C30H32N2O5. The Morgan fingerprint density at radius 3 is 2.16 bits per heavy atom. The standard InChI is InChI=1S/C30H32N2O5/c1-3-32-23-9-5-11-25(33)29(23)28(30-24(32)10-6-12-26(30)34)19-7-4-8-22(17-19)37-18-27(35)31-20-13-15-21(36-2)16-14-20/h4,7-8,13-17,28H,3,5-6,9-12,18H2,1-2H3,(H,31,35). The molecule has 7 nitrogen and oxygen atoms in total. The van der Waals surface area contributed by atoms with Crippen molar-refractivity contribution in [1.29, 1.82) is 0 Å². The van der Waals surface area contributed by atoms with Gasteiger partial charge < -0.3 is 19.7 Å². The molecule has 0 aromatic heterocycles. The molecule has 2 aliphatic carbocycles. The van der Waals surface area contributed by atoms with Crippen LogP contribution in [0.1, 0.15) is 56.9 Å². The Bertz CT molecular complexity index is 1250. The Labute approximate surface area is 217 Å². The SMILES string of the molecule is CCN1C2=C(C(=O)CCC2)C(c2cccc(OCC(=O)Nc3ccc(OC)cc3)c2)C2=C1CCCC2=O. The lowest BCUT2D eigenvalue weighted by Crippen LogP contribution is -2.39. The van der Waals surface area contributed by atoms with E-state index in [1.165, 1.54) is 0 Å². The molecule has 1 amide bonds. The van der Waals surface area contributed by atoms with Crippen molar-refractivity contribution in [2.75, 3.05) is 25.6 Å². The smallest absolute Gasteiger partial charge is 0.262 e. The first-order chi connectivity index (χ1) is 18.0. The van der Waals surface area contributed by atoms with Crippen LogP contribution in [-0.4, -0.2) is 42.6 Å². The highest BCUT2D eigenvalue weighted by molar-refractivity contribution is 6.06. The summed E-state index contributed by atoms with van der Waals surface area (Å²) in [4.78, 5) is 41.2. The highest BCUT2D eigenvalue weighted by Crippen LogP contribution is 2.49. The van der Waals surface area contributed by atoms with Crippen LogP contribution in [0.2, 0.25) is 0 Å². The van der Waals surface area contributed by atoms with E-state index >= 15 is 0 Å². The molecule has 3 aliphatic rings. The highest BCUT2D eigenvalue weighted by Gasteiger charge is 2.42. The Hall–Kier alpha value is -3.87. The summed E-state index contributed by atoms with van der Waals surface area (Å²) in [5.41, 5.74) is 5.17. The number of nitrogens with zero attached hydrogens (tertiary/aromatic N) is 1. The van der Waals surface area contributed by atoms with E-state index in [0.29, 0.717) is 30.0 Å². The van der Waals surface area contributed by atoms with Crippen LogP contribution in [0.5, 0.6) is 11.5 Å². The van der Waals surface area contributed by atoms with Crippen molar-refractivity contribution in [1.82, 2.24) is 4.90 Å². The second-order valence-electron chi connectivity index (χ2n) is 9.59. The third kappa shape index (κ3) is 4.90. The number of ketones is 2. The number of nitrogens with one attached hydrogen (secondary N) is 1. The van der Waals surface area contributed by atoms with Gasteiger partial charge in [0.25, 0.3) is 5.91 Å². The zero-order chi connectivity index (χ0) is 25.9. The van der Waals surface area contributed by atoms with E-state index in [1.807, 2.05) is 18.2 Å². The average Bonchev–Trinajstić information content (AvgIpc) is 2.92. The Kier molecular flexibility index (Phi) is 7.12. The zero-order valence-corrected chi connectivity index (χ0v) is 21.3. The summed E-state index contributed by atoms with van der Waals surface area (Å²) in [6.45, 7) is 2.67. The molecule has 7 heteroatoms. The van der Waals surface area contributed by atoms with E-state index in [2.05, 4.69) is 17.1 Å². The van der Waals surface area contributed by atoms with E-state index in [1.54, 1.807) is 37.4 Å². The maximum absolute atomic E-state index is 13.3. The number of rotatable bonds is 7. The summed E-state index contributed by atoms with van der Waals surface area (Å²) >= 11 is 0. The second-order valence-corrected chi connectivity index (χ2v) is 9.59. The number of anilines is 1. The van der Waals surface area contributed by atoms with Crippen molar-refractivity contribution < 1.29 is 23.9 Å². The van der Waals surface area contributed by atoms with Crippen molar-refractivity contribution in [2.45, 2.75) is 51.4 Å². The van der Waals surface area contributed by atoms with Gasteiger partial charge in [-0.1, -0.05) is 12.1 Å². The molecule has 192 valence electrons. The lowest BCUT2D eigenvalue weighted by molar-refractivity contribution is -0.118. The average molecular weight is 501 g/mol. The molecule has 0 radical (unpaired) electrons. The number of hydrogen-bond acceptors (Lipinski definition) is 6. The summed E-state index contributed by atoms with van der Waals surface area (Å²) in [7, 11) is 1.59. The normalized spacial score (nSPS) is 17.9. The zero-order valence-electron chi connectivity index (χ0n) is 21.3. The number of Topliss-reactive ketones (excluding diaryl/α,β-unsaturated/α-hetero) is 2. The Morgan fingerprint density at radius 2 is 1.57 bits per heavy atom. The molecule has 0 spiro atoms. The van der Waals surface area contributed by atoms with Gasteiger partial charge in [-0.3, -0.25) is 14.4 Å². The lowest BCUT2D eigenvalue weighted by Gasteiger charge is -2.43. The first kappa shape index (κ1) is 24.8. The minimum atomic E-state index is -0.384. The van der Waals surface area contributed by atoms with Crippen molar-refractivity contribution in [3.8, 4) is 11.5 Å². The quantitative estimate of drug-likeness (QED) is 0.566. The largest absolute Gasteiger partial charge is 0.497 e. The molecule has 1 aliphatic heterocycles. The molecule has 1 N–H and O–H groups in total. The fourth-order valence-corrected chi connectivity index (χ4v) is 5.74. The maximum Gasteiger partial charge on any atom is 0.262 e. The molecule has 0 bridgehead atoms. The van der Waals surface area contributed by atoms with E-state index in [-0.39, 0.29) is 30.0 Å². The van der Waals surface area contributed by atoms with Gasteiger partial charge in [-0.05, 0) is 74.6 Å². The first-order valence-corrected chi connectivity index (χ1v) is 13.0. The van der Waals surface area contributed by atoms with Crippen molar-refractivity contribution >= 4 is 23.2 Å². The molecule has 0 fully saturated rings. The predicted molar refractivity (Wildman–Crippen MR) is 140 cm³/mol. The molecule has 5 rings (SSSR count). The van der Waals surface area contributed by atoms with Crippen LogP contribution in [0, 0.1) is 0 Å². The van der Waals surface area contributed by atoms with Crippen molar-refractivity contribution in [2.24, 2.45) is 0 Å². The lowest BCUT2D eigenvalue weighted by atomic mass is 9.71. The fraction of sp³-hybridized carbons (Fsp3) is 0.367. The molecule has 37 heavy (non-hydrogen) atoms. The van der Waals surface area contributed by atoms with Crippen LogP contribution >= 0.6 is 0 Å². The minimum absolute atomic E-state index is 0.125. The number of hydrogen-bond donors (Lipinski definition) is 1. The van der Waals surface area contributed by atoms with Crippen molar-refractivity contribution in [3.63, 3.8) is 0 Å². The van der Waals surface area contributed by atoms with Crippen molar-refractivity contribution in [3.05, 3.63) is 76.6 Å². The summed E-state index contributed by atoms with van der Waals surface area (Å²) in [6.07, 6.45) is 4.38. The van der Waals surface area contributed by atoms with Crippen LogP contribution in [0.25, 0.3) is 0 Å². The molecule has 0 atom stereocenters. The molecule has 0 saturated heterocycles.